The highest BCUT2D eigenvalue weighted by atomic mass is 16.3. The van der Waals surface area contributed by atoms with E-state index in [-0.39, 0.29) is 17.3 Å². The molecule has 0 aliphatic rings. The zero-order valence-electron chi connectivity index (χ0n) is 8.37. The van der Waals surface area contributed by atoms with E-state index in [1.54, 1.807) is 13.0 Å². The number of rotatable bonds is 3. The Hall–Kier alpha value is -1.51. The number of carbonyl (C=O) groups is 1. The molecular weight excluding hydrogens is 180 g/mol. The lowest BCUT2D eigenvalue weighted by molar-refractivity contribution is -0.116. The van der Waals surface area contributed by atoms with Gasteiger partial charge >= 0.3 is 0 Å². The van der Waals surface area contributed by atoms with Crippen molar-refractivity contribution in [3.05, 3.63) is 23.3 Å². The van der Waals surface area contributed by atoms with Crippen molar-refractivity contribution in [1.29, 1.82) is 0 Å². The number of ketones is 1. The van der Waals surface area contributed by atoms with Crippen molar-refractivity contribution in [1.82, 2.24) is 0 Å². The standard InChI is InChI=1S/C11H14O3/c1-7(12)3-4-9-5-6-10(13)8(2)11(9)14/h5-6,13-14H,3-4H2,1-2H3. The molecule has 3 nitrogen and oxygen atoms in total. The minimum atomic E-state index is 0.0778. The second-order valence-electron chi connectivity index (χ2n) is 3.42. The molecule has 0 atom stereocenters. The Morgan fingerprint density at radius 2 is 2.00 bits per heavy atom. The van der Waals surface area contributed by atoms with Crippen LogP contribution < -0.4 is 0 Å². The van der Waals surface area contributed by atoms with Crippen LogP contribution in [-0.2, 0) is 11.2 Å². The summed E-state index contributed by atoms with van der Waals surface area (Å²) in [6.07, 6.45) is 0.931. The molecule has 2 N–H and O–H groups in total. The van der Waals surface area contributed by atoms with E-state index in [4.69, 9.17) is 0 Å². The van der Waals surface area contributed by atoms with Crippen molar-refractivity contribution in [2.45, 2.75) is 26.7 Å². The number of phenolic OH excluding ortho intramolecular Hbond substituents is 2. The first-order valence-corrected chi connectivity index (χ1v) is 4.52. The number of aryl methyl sites for hydroxylation is 1. The Balaban J connectivity index is 2.88. The second-order valence-corrected chi connectivity index (χ2v) is 3.42. The van der Waals surface area contributed by atoms with Gasteiger partial charge in [-0.15, -0.1) is 0 Å². The Labute approximate surface area is 83.0 Å². The van der Waals surface area contributed by atoms with Crippen molar-refractivity contribution in [3.63, 3.8) is 0 Å². The predicted octanol–water partition coefficient (Wildman–Crippen LogP) is 1.93. The van der Waals surface area contributed by atoms with Gasteiger partial charge < -0.3 is 15.0 Å². The summed E-state index contributed by atoms with van der Waals surface area (Å²) < 4.78 is 0. The second kappa shape index (κ2) is 4.13. The minimum Gasteiger partial charge on any atom is -0.508 e. The quantitative estimate of drug-likeness (QED) is 0.773. The molecule has 1 aromatic rings. The average Bonchev–Trinajstić information content (AvgIpc) is 2.13. The molecule has 0 heterocycles. The van der Waals surface area contributed by atoms with Gasteiger partial charge in [-0.2, -0.15) is 0 Å². The SMILES string of the molecule is CC(=O)CCc1ccc(O)c(C)c1O. The summed E-state index contributed by atoms with van der Waals surface area (Å²) in [5, 5.41) is 18.9. The van der Waals surface area contributed by atoms with Crippen LogP contribution >= 0.6 is 0 Å². The molecule has 0 unspecified atom stereocenters. The van der Waals surface area contributed by atoms with Crippen LogP contribution in [0.4, 0.5) is 0 Å². The fraction of sp³-hybridized carbons (Fsp3) is 0.364. The Morgan fingerprint density at radius 1 is 1.36 bits per heavy atom. The molecule has 14 heavy (non-hydrogen) atoms. The zero-order chi connectivity index (χ0) is 10.7. The summed E-state index contributed by atoms with van der Waals surface area (Å²) in [6.45, 7) is 3.16. The van der Waals surface area contributed by atoms with Crippen LogP contribution in [0.2, 0.25) is 0 Å². The van der Waals surface area contributed by atoms with E-state index in [1.807, 2.05) is 0 Å². The molecule has 3 heteroatoms. The molecule has 0 amide bonds. The maximum absolute atomic E-state index is 10.7. The monoisotopic (exact) mass is 194 g/mol. The molecule has 0 aliphatic heterocycles. The van der Waals surface area contributed by atoms with Gasteiger partial charge in [-0.1, -0.05) is 6.07 Å². The van der Waals surface area contributed by atoms with Crippen LogP contribution in [0.25, 0.3) is 0 Å². The fourth-order valence-electron chi connectivity index (χ4n) is 1.26. The number of hydrogen-bond donors (Lipinski definition) is 2. The molecule has 0 saturated carbocycles. The summed E-state index contributed by atoms with van der Waals surface area (Å²) in [7, 11) is 0. The van der Waals surface area contributed by atoms with Crippen LogP contribution in [0, 0.1) is 6.92 Å². The van der Waals surface area contributed by atoms with Gasteiger partial charge in [0, 0.05) is 12.0 Å². The number of carbonyl (C=O) groups excluding carboxylic acids is 1. The maximum atomic E-state index is 10.7. The van der Waals surface area contributed by atoms with Crippen molar-refractivity contribution in [3.8, 4) is 11.5 Å². The number of aromatic hydroxyl groups is 2. The van der Waals surface area contributed by atoms with E-state index in [9.17, 15) is 15.0 Å². The maximum Gasteiger partial charge on any atom is 0.130 e. The van der Waals surface area contributed by atoms with E-state index < -0.39 is 0 Å². The summed E-state index contributed by atoms with van der Waals surface area (Å²) in [6, 6.07) is 3.17. The van der Waals surface area contributed by atoms with Crippen LogP contribution in [0.3, 0.4) is 0 Å². The van der Waals surface area contributed by atoms with Crippen molar-refractivity contribution >= 4 is 5.78 Å². The Bertz CT molecular complexity index is 356. The van der Waals surface area contributed by atoms with E-state index in [0.29, 0.717) is 24.0 Å². The fourth-order valence-corrected chi connectivity index (χ4v) is 1.26. The minimum absolute atomic E-state index is 0.0778. The smallest absolute Gasteiger partial charge is 0.130 e. The van der Waals surface area contributed by atoms with Gasteiger partial charge in [0.05, 0.1) is 0 Å². The van der Waals surface area contributed by atoms with E-state index in [1.165, 1.54) is 13.0 Å². The van der Waals surface area contributed by atoms with E-state index in [0.717, 1.165) is 0 Å². The molecule has 0 radical (unpaired) electrons. The first-order valence-electron chi connectivity index (χ1n) is 4.52. The highest BCUT2D eigenvalue weighted by molar-refractivity contribution is 5.75. The van der Waals surface area contributed by atoms with E-state index in [2.05, 4.69) is 0 Å². The molecule has 76 valence electrons. The van der Waals surface area contributed by atoms with Gasteiger partial charge in [0.1, 0.15) is 17.3 Å². The van der Waals surface area contributed by atoms with Gasteiger partial charge in [-0.05, 0) is 31.9 Å². The van der Waals surface area contributed by atoms with Crippen LogP contribution in [0.5, 0.6) is 11.5 Å². The summed E-state index contributed by atoms with van der Waals surface area (Å²) >= 11 is 0. The normalized spacial score (nSPS) is 10.1. The zero-order valence-corrected chi connectivity index (χ0v) is 8.37. The van der Waals surface area contributed by atoms with Gasteiger partial charge in [0.2, 0.25) is 0 Å². The van der Waals surface area contributed by atoms with Gasteiger partial charge in [-0.3, -0.25) is 0 Å². The molecule has 1 aromatic carbocycles. The number of Topliss-reactive ketones (excluding diaryl/α,β-unsaturated/α-hetero) is 1. The lowest BCUT2D eigenvalue weighted by Gasteiger charge is -2.07. The summed E-state index contributed by atoms with van der Waals surface area (Å²) in [4.78, 5) is 10.7. The third-order valence-corrected chi connectivity index (χ3v) is 2.23. The van der Waals surface area contributed by atoms with E-state index >= 15 is 0 Å². The lowest BCUT2D eigenvalue weighted by Crippen LogP contribution is -1.95. The molecule has 1 rings (SSSR count). The van der Waals surface area contributed by atoms with Gasteiger partial charge in [0.25, 0.3) is 0 Å². The van der Waals surface area contributed by atoms with Crippen molar-refractivity contribution < 1.29 is 15.0 Å². The van der Waals surface area contributed by atoms with Gasteiger partial charge in [0.15, 0.2) is 0 Å². The van der Waals surface area contributed by atoms with Crippen LogP contribution in [0.1, 0.15) is 24.5 Å². The van der Waals surface area contributed by atoms with Gasteiger partial charge in [-0.25, -0.2) is 0 Å². The Kier molecular flexibility index (Phi) is 3.12. The highest BCUT2D eigenvalue weighted by Gasteiger charge is 2.08. The number of hydrogen-bond acceptors (Lipinski definition) is 3. The molecule has 0 aromatic heterocycles. The molecule has 0 spiro atoms. The van der Waals surface area contributed by atoms with Crippen LogP contribution in [-0.4, -0.2) is 16.0 Å². The molecule has 0 saturated heterocycles. The number of benzene rings is 1. The molecule has 0 fully saturated rings. The average molecular weight is 194 g/mol. The molecule has 0 bridgehead atoms. The summed E-state index contributed by atoms with van der Waals surface area (Å²) in [5.41, 5.74) is 1.17. The largest absolute Gasteiger partial charge is 0.508 e. The van der Waals surface area contributed by atoms with Crippen LogP contribution in [0.15, 0.2) is 12.1 Å². The molecule has 0 aliphatic carbocycles. The summed E-state index contributed by atoms with van der Waals surface area (Å²) in [5.74, 6) is 0.260. The molecular formula is C11H14O3. The first kappa shape index (κ1) is 10.6. The lowest BCUT2D eigenvalue weighted by atomic mass is 10.0. The third-order valence-electron chi connectivity index (χ3n) is 2.23. The van der Waals surface area contributed by atoms with Crippen molar-refractivity contribution in [2.75, 3.05) is 0 Å². The topological polar surface area (TPSA) is 57.5 Å². The predicted molar refractivity (Wildman–Crippen MR) is 53.5 cm³/mol. The Morgan fingerprint density at radius 3 is 2.57 bits per heavy atom. The highest BCUT2D eigenvalue weighted by Crippen LogP contribution is 2.29. The first-order chi connectivity index (χ1) is 6.52. The third kappa shape index (κ3) is 2.25. The number of phenols is 2. The van der Waals surface area contributed by atoms with Crippen molar-refractivity contribution in [2.24, 2.45) is 0 Å².